The minimum absolute atomic E-state index is 0.0768. The van der Waals surface area contributed by atoms with E-state index in [-0.39, 0.29) is 9.92 Å². The van der Waals surface area contributed by atoms with Crippen LogP contribution in [0, 0.1) is 5.82 Å². The average Bonchev–Trinajstić information content (AvgIpc) is 2.58. The van der Waals surface area contributed by atoms with Gasteiger partial charge in [-0.1, -0.05) is 23.7 Å². The van der Waals surface area contributed by atoms with Crippen molar-refractivity contribution in [1.29, 1.82) is 0 Å². The summed E-state index contributed by atoms with van der Waals surface area (Å²) in [5, 5.41) is -0.227. The number of likely N-dealkylation sites (N-methyl/N-ethyl adjacent to an activating group) is 1. The maximum absolute atomic E-state index is 13.3. The number of nitrogens with one attached hydrogen (secondary N) is 1. The van der Waals surface area contributed by atoms with Crippen molar-refractivity contribution in [2.75, 3.05) is 42.8 Å². The molecule has 1 heterocycles. The fourth-order valence-electron chi connectivity index (χ4n) is 2.73. The molecule has 1 aliphatic heterocycles. The van der Waals surface area contributed by atoms with Gasteiger partial charge in [0.1, 0.15) is 5.82 Å². The molecule has 2 aromatic carbocycles. The number of piperazine rings is 1. The molecule has 3 rings (SSSR count). The molecule has 0 amide bonds. The smallest absolute Gasteiger partial charge is 0.262 e. The first kappa shape index (κ1) is 18.0. The van der Waals surface area contributed by atoms with Crippen molar-refractivity contribution >= 4 is 33.0 Å². The van der Waals surface area contributed by atoms with E-state index >= 15 is 0 Å². The number of nitrogens with zero attached hydrogens (tertiary/aromatic N) is 2. The maximum Gasteiger partial charge on any atom is 0.262 e. The molecule has 1 saturated heterocycles. The molecule has 0 radical (unpaired) electrons. The number of halogens is 2. The first-order valence-electron chi connectivity index (χ1n) is 7.87. The third-order valence-electron chi connectivity index (χ3n) is 4.19. The maximum atomic E-state index is 13.3. The second kappa shape index (κ2) is 7.19. The SMILES string of the molecule is CN1CCN(c2ccccc2NS(=O)(=O)c2ccc(F)c(Cl)c2)CC1. The molecule has 0 saturated carbocycles. The Morgan fingerprint density at radius 3 is 2.44 bits per heavy atom. The Hall–Kier alpha value is -1.83. The van der Waals surface area contributed by atoms with E-state index in [2.05, 4.69) is 21.6 Å². The van der Waals surface area contributed by atoms with Crippen molar-refractivity contribution in [3.05, 3.63) is 53.3 Å². The van der Waals surface area contributed by atoms with Gasteiger partial charge in [-0.2, -0.15) is 0 Å². The molecule has 0 aromatic heterocycles. The molecule has 5 nitrogen and oxygen atoms in total. The van der Waals surface area contributed by atoms with Gasteiger partial charge in [0.15, 0.2) is 0 Å². The molecule has 25 heavy (non-hydrogen) atoms. The number of hydrogen-bond donors (Lipinski definition) is 1. The molecule has 1 N–H and O–H groups in total. The minimum Gasteiger partial charge on any atom is -0.367 e. The van der Waals surface area contributed by atoms with E-state index in [0.717, 1.165) is 44.0 Å². The molecule has 0 aliphatic carbocycles. The summed E-state index contributed by atoms with van der Waals surface area (Å²) in [6.45, 7) is 3.46. The van der Waals surface area contributed by atoms with Crippen LogP contribution in [0.5, 0.6) is 0 Å². The Morgan fingerprint density at radius 2 is 1.76 bits per heavy atom. The molecule has 0 atom stereocenters. The second-order valence-corrected chi connectivity index (χ2v) is 8.08. The quantitative estimate of drug-likeness (QED) is 0.881. The van der Waals surface area contributed by atoms with Gasteiger partial charge in [-0.3, -0.25) is 4.72 Å². The Labute approximate surface area is 152 Å². The van der Waals surface area contributed by atoms with E-state index in [9.17, 15) is 12.8 Å². The first-order chi connectivity index (χ1) is 11.9. The fourth-order valence-corrected chi connectivity index (χ4v) is 4.08. The molecule has 8 heteroatoms. The second-order valence-electron chi connectivity index (χ2n) is 5.99. The largest absolute Gasteiger partial charge is 0.367 e. The molecule has 0 bridgehead atoms. The summed E-state index contributed by atoms with van der Waals surface area (Å²) in [4.78, 5) is 4.30. The lowest BCUT2D eigenvalue weighted by Gasteiger charge is -2.35. The highest BCUT2D eigenvalue weighted by Crippen LogP contribution is 2.29. The molecule has 2 aromatic rings. The van der Waals surface area contributed by atoms with E-state index in [1.807, 2.05) is 12.1 Å². The molecular weight excluding hydrogens is 365 g/mol. The number of para-hydroxylation sites is 2. The zero-order valence-electron chi connectivity index (χ0n) is 13.7. The van der Waals surface area contributed by atoms with Crippen molar-refractivity contribution in [3.8, 4) is 0 Å². The Morgan fingerprint density at radius 1 is 1.08 bits per heavy atom. The van der Waals surface area contributed by atoms with Gasteiger partial charge in [-0.25, -0.2) is 12.8 Å². The Balaban J connectivity index is 1.88. The lowest BCUT2D eigenvalue weighted by atomic mass is 10.2. The third-order valence-corrected chi connectivity index (χ3v) is 5.85. The zero-order valence-corrected chi connectivity index (χ0v) is 15.3. The number of hydrogen-bond acceptors (Lipinski definition) is 4. The van der Waals surface area contributed by atoms with Crippen LogP contribution in [0.3, 0.4) is 0 Å². The van der Waals surface area contributed by atoms with Crippen molar-refractivity contribution in [3.63, 3.8) is 0 Å². The zero-order chi connectivity index (χ0) is 18.0. The summed E-state index contributed by atoms with van der Waals surface area (Å²) in [6, 6.07) is 10.6. The average molecular weight is 384 g/mol. The Kier molecular flexibility index (Phi) is 5.17. The summed E-state index contributed by atoms with van der Waals surface area (Å²) >= 11 is 5.71. The van der Waals surface area contributed by atoms with Crippen molar-refractivity contribution in [2.24, 2.45) is 0 Å². The Bertz CT molecular complexity index is 868. The third kappa shape index (κ3) is 4.05. The van der Waals surface area contributed by atoms with Crippen LogP contribution in [0.2, 0.25) is 5.02 Å². The van der Waals surface area contributed by atoms with E-state index in [4.69, 9.17) is 11.6 Å². The van der Waals surface area contributed by atoms with Crippen LogP contribution < -0.4 is 9.62 Å². The predicted molar refractivity (Wildman–Crippen MR) is 98.4 cm³/mol. The van der Waals surface area contributed by atoms with Crippen molar-refractivity contribution in [2.45, 2.75) is 4.90 Å². The van der Waals surface area contributed by atoms with Gasteiger partial charge in [-0.05, 0) is 37.4 Å². The number of rotatable bonds is 4. The normalized spacial score (nSPS) is 16.0. The number of anilines is 2. The minimum atomic E-state index is -3.86. The van der Waals surface area contributed by atoms with Gasteiger partial charge >= 0.3 is 0 Å². The van der Waals surface area contributed by atoms with E-state index in [1.54, 1.807) is 12.1 Å². The van der Waals surface area contributed by atoms with E-state index in [0.29, 0.717) is 5.69 Å². The van der Waals surface area contributed by atoms with Crippen LogP contribution >= 0.6 is 11.6 Å². The van der Waals surface area contributed by atoms with Gasteiger partial charge < -0.3 is 9.80 Å². The summed E-state index contributed by atoms with van der Waals surface area (Å²) in [7, 11) is -1.80. The van der Waals surface area contributed by atoms with E-state index in [1.165, 1.54) is 6.07 Å². The van der Waals surface area contributed by atoms with Gasteiger partial charge in [0.05, 0.1) is 21.3 Å². The highest BCUT2D eigenvalue weighted by atomic mass is 35.5. The van der Waals surface area contributed by atoms with Gasteiger partial charge in [-0.15, -0.1) is 0 Å². The van der Waals surface area contributed by atoms with Crippen LogP contribution in [-0.4, -0.2) is 46.5 Å². The van der Waals surface area contributed by atoms with E-state index < -0.39 is 15.8 Å². The molecule has 1 aliphatic rings. The summed E-state index contributed by atoms with van der Waals surface area (Å²) in [6.07, 6.45) is 0. The fraction of sp³-hybridized carbons (Fsp3) is 0.294. The summed E-state index contributed by atoms with van der Waals surface area (Å²) in [5.74, 6) is -0.654. The highest BCUT2D eigenvalue weighted by molar-refractivity contribution is 7.92. The molecule has 1 fully saturated rings. The lowest BCUT2D eigenvalue weighted by molar-refractivity contribution is 0.313. The number of sulfonamides is 1. The lowest BCUT2D eigenvalue weighted by Crippen LogP contribution is -2.44. The monoisotopic (exact) mass is 383 g/mol. The van der Waals surface area contributed by atoms with Crippen LogP contribution in [-0.2, 0) is 10.0 Å². The number of benzene rings is 2. The highest BCUT2D eigenvalue weighted by Gasteiger charge is 2.21. The standard InChI is InChI=1S/C17H19ClFN3O2S/c1-21-8-10-22(11-9-21)17-5-3-2-4-16(17)20-25(23,24)13-6-7-15(19)14(18)12-13/h2-7,12,20H,8-11H2,1H3. The van der Waals surface area contributed by atoms with Gasteiger partial charge in [0.25, 0.3) is 10.0 Å². The van der Waals surface area contributed by atoms with Gasteiger partial charge in [0, 0.05) is 26.2 Å². The molecular formula is C17H19ClFN3O2S. The molecule has 0 unspecified atom stereocenters. The van der Waals surface area contributed by atoms with Crippen molar-refractivity contribution < 1.29 is 12.8 Å². The summed E-state index contributed by atoms with van der Waals surface area (Å²) in [5.41, 5.74) is 1.32. The topological polar surface area (TPSA) is 52.6 Å². The van der Waals surface area contributed by atoms with Crippen LogP contribution in [0.25, 0.3) is 0 Å². The molecule has 134 valence electrons. The molecule has 0 spiro atoms. The predicted octanol–water partition coefficient (Wildman–Crippen LogP) is 3.03. The van der Waals surface area contributed by atoms with Crippen LogP contribution in [0.15, 0.2) is 47.4 Å². The first-order valence-corrected chi connectivity index (χ1v) is 9.73. The summed E-state index contributed by atoms with van der Waals surface area (Å²) < 4.78 is 41.2. The van der Waals surface area contributed by atoms with Crippen LogP contribution in [0.1, 0.15) is 0 Å². The van der Waals surface area contributed by atoms with Gasteiger partial charge in [0.2, 0.25) is 0 Å². The van der Waals surface area contributed by atoms with Crippen LogP contribution in [0.4, 0.5) is 15.8 Å². The van der Waals surface area contributed by atoms with Crippen molar-refractivity contribution in [1.82, 2.24) is 4.90 Å².